The van der Waals surface area contributed by atoms with Crippen molar-refractivity contribution in [2.75, 3.05) is 0 Å². The van der Waals surface area contributed by atoms with Gasteiger partial charge in [-0.15, -0.1) is 0 Å². The van der Waals surface area contributed by atoms with Crippen LogP contribution in [0.5, 0.6) is 0 Å². The molecule has 0 bridgehead atoms. The van der Waals surface area contributed by atoms with Crippen molar-refractivity contribution in [2.24, 2.45) is 5.92 Å². The third-order valence-electron chi connectivity index (χ3n) is 2.41. The zero-order valence-corrected chi connectivity index (χ0v) is 9.51. The molecule has 0 aliphatic rings. The van der Waals surface area contributed by atoms with E-state index in [9.17, 15) is 14.9 Å². The Labute approximate surface area is 93.7 Å². The summed E-state index contributed by atoms with van der Waals surface area (Å²) in [5.74, 6) is -0.621. The number of nitro groups is 1. The third kappa shape index (κ3) is 2.42. The lowest BCUT2D eigenvalue weighted by molar-refractivity contribution is -0.386. The van der Waals surface area contributed by atoms with E-state index in [4.69, 9.17) is 0 Å². The highest BCUT2D eigenvalue weighted by atomic mass is 16.6. The number of pyridine rings is 1. The van der Waals surface area contributed by atoms with E-state index in [-0.39, 0.29) is 23.1 Å². The van der Waals surface area contributed by atoms with Gasteiger partial charge in [0.05, 0.1) is 10.8 Å². The molecule has 1 rings (SSSR count). The van der Waals surface area contributed by atoms with Gasteiger partial charge in [0, 0.05) is 12.3 Å². The molecule has 0 fully saturated rings. The summed E-state index contributed by atoms with van der Waals surface area (Å²) in [6, 6.07) is 2.87. The van der Waals surface area contributed by atoms with Crippen LogP contribution in [0.3, 0.4) is 0 Å². The fraction of sp³-hybridized carbons (Fsp3) is 0.455. The normalized spacial score (nSPS) is 12.5. The van der Waals surface area contributed by atoms with E-state index in [2.05, 4.69) is 4.98 Å². The van der Waals surface area contributed by atoms with Gasteiger partial charge in [0.25, 0.3) is 5.69 Å². The number of hydrogen-bond acceptors (Lipinski definition) is 4. The van der Waals surface area contributed by atoms with E-state index < -0.39 is 10.8 Å². The Morgan fingerprint density at radius 3 is 2.56 bits per heavy atom. The van der Waals surface area contributed by atoms with Crippen molar-refractivity contribution in [3.63, 3.8) is 0 Å². The monoisotopic (exact) mass is 222 g/mol. The fourth-order valence-corrected chi connectivity index (χ4v) is 1.78. The van der Waals surface area contributed by atoms with Gasteiger partial charge in [-0.25, -0.2) is 0 Å². The smallest absolute Gasteiger partial charge is 0.291 e. The summed E-state index contributed by atoms with van der Waals surface area (Å²) in [6.07, 6.45) is 1.47. The highest BCUT2D eigenvalue weighted by Crippen LogP contribution is 2.30. The molecule has 16 heavy (non-hydrogen) atoms. The van der Waals surface area contributed by atoms with Crippen molar-refractivity contribution in [1.29, 1.82) is 0 Å². The maximum atomic E-state index is 11.5. The van der Waals surface area contributed by atoms with E-state index >= 15 is 0 Å². The molecule has 0 saturated carbocycles. The van der Waals surface area contributed by atoms with E-state index in [1.54, 1.807) is 0 Å². The zero-order chi connectivity index (χ0) is 12.3. The topological polar surface area (TPSA) is 73.1 Å². The number of ketones is 1. The maximum absolute atomic E-state index is 11.5. The average molecular weight is 222 g/mol. The predicted octanol–water partition coefficient (Wildman–Crippen LogP) is 2.32. The summed E-state index contributed by atoms with van der Waals surface area (Å²) in [5.41, 5.74) is 0.173. The van der Waals surface area contributed by atoms with Gasteiger partial charge >= 0.3 is 0 Å². The van der Waals surface area contributed by atoms with E-state index in [1.165, 1.54) is 25.3 Å². The molecule has 5 heteroatoms. The number of carbonyl (C=O) groups is 1. The molecule has 86 valence electrons. The van der Waals surface area contributed by atoms with Crippen molar-refractivity contribution in [3.8, 4) is 0 Å². The summed E-state index contributed by atoms with van der Waals surface area (Å²) in [5, 5.41) is 10.8. The molecule has 0 radical (unpaired) electrons. The van der Waals surface area contributed by atoms with Crippen molar-refractivity contribution in [1.82, 2.24) is 4.98 Å². The SMILES string of the molecule is CC(=O)C(c1ncccc1[N+](=O)[O-])C(C)C. The Morgan fingerprint density at radius 1 is 1.50 bits per heavy atom. The minimum Gasteiger partial charge on any atom is -0.299 e. The van der Waals surface area contributed by atoms with Gasteiger partial charge in [-0.3, -0.25) is 19.9 Å². The van der Waals surface area contributed by atoms with Crippen molar-refractivity contribution in [2.45, 2.75) is 26.7 Å². The average Bonchev–Trinajstić information content (AvgIpc) is 2.17. The third-order valence-corrected chi connectivity index (χ3v) is 2.41. The number of Topliss-reactive ketones (excluding diaryl/α,β-unsaturated/α-hetero) is 1. The van der Waals surface area contributed by atoms with Gasteiger partial charge in [0.2, 0.25) is 0 Å². The summed E-state index contributed by atoms with van der Waals surface area (Å²) < 4.78 is 0. The Hall–Kier alpha value is -1.78. The molecule has 1 unspecified atom stereocenters. The van der Waals surface area contributed by atoms with Crippen LogP contribution in [0.2, 0.25) is 0 Å². The summed E-state index contributed by atoms with van der Waals surface area (Å²) in [7, 11) is 0. The van der Waals surface area contributed by atoms with Crippen LogP contribution in [0.25, 0.3) is 0 Å². The Morgan fingerprint density at radius 2 is 2.12 bits per heavy atom. The molecule has 0 saturated heterocycles. The van der Waals surface area contributed by atoms with Gasteiger partial charge in [0.15, 0.2) is 0 Å². The van der Waals surface area contributed by atoms with E-state index in [1.807, 2.05) is 13.8 Å². The van der Waals surface area contributed by atoms with Crippen molar-refractivity contribution in [3.05, 3.63) is 34.1 Å². The molecule has 1 heterocycles. The number of carbonyl (C=O) groups excluding carboxylic acids is 1. The van der Waals surface area contributed by atoms with Crippen LogP contribution < -0.4 is 0 Å². The fourth-order valence-electron chi connectivity index (χ4n) is 1.78. The first-order chi connectivity index (χ1) is 7.45. The zero-order valence-electron chi connectivity index (χ0n) is 9.51. The van der Waals surface area contributed by atoms with Crippen molar-refractivity contribution >= 4 is 11.5 Å². The predicted molar refractivity (Wildman–Crippen MR) is 59.2 cm³/mol. The molecule has 1 atom stereocenters. The number of nitrogens with zero attached hydrogens (tertiary/aromatic N) is 2. The van der Waals surface area contributed by atoms with Crippen LogP contribution in [0.4, 0.5) is 5.69 Å². The van der Waals surface area contributed by atoms with Crippen LogP contribution >= 0.6 is 0 Å². The first kappa shape index (κ1) is 12.3. The molecule has 0 spiro atoms. The maximum Gasteiger partial charge on any atom is 0.291 e. The molecule has 0 aliphatic heterocycles. The molecule has 0 amide bonds. The second-order valence-corrected chi connectivity index (χ2v) is 4.00. The second kappa shape index (κ2) is 4.83. The first-order valence-electron chi connectivity index (χ1n) is 5.05. The molecule has 1 aromatic heterocycles. The lowest BCUT2D eigenvalue weighted by Gasteiger charge is -2.16. The minimum absolute atomic E-state index is 0.00824. The Bertz CT molecular complexity index is 415. The molecular formula is C11H14N2O3. The van der Waals surface area contributed by atoms with Gasteiger partial charge in [-0.1, -0.05) is 13.8 Å². The number of hydrogen-bond donors (Lipinski definition) is 0. The van der Waals surface area contributed by atoms with Gasteiger partial charge < -0.3 is 0 Å². The van der Waals surface area contributed by atoms with Crippen molar-refractivity contribution < 1.29 is 9.72 Å². The molecule has 5 nitrogen and oxygen atoms in total. The lowest BCUT2D eigenvalue weighted by atomic mass is 9.88. The molecule has 0 aromatic carbocycles. The van der Waals surface area contributed by atoms with Crippen LogP contribution in [-0.2, 0) is 4.79 Å². The van der Waals surface area contributed by atoms with Crippen LogP contribution in [0.15, 0.2) is 18.3 Å². The Balaban J connectivity index is 3.29. The highest BCUT2D eigenvalue weighted by molar-refractivity contribution is 5.84. The standard InChI is InChI=1S/C11H14N2O3/c1-7(2)10(8(3)14)11-9(13(15)16)5-4-6-12-11/h4-7,10H,1-3H3. The van der Waals surface area contributed by atoms with Crippen LogP contribution in [0.1, 0.15) is 32.4 Å². The largest absolute Gasteiger partial charge is 0.299 e. The minimum atomic E-state index is -0.512. The lowest BCUT2D eigenvalue weighted by Crippen LogP contribution is -2.18. The molecule has 0 N–H and O–H groups in total. The number of aromatic nitrogens is 1. The highest BCUT2D eigenvalue weighted by Gasteiger charge is 2.29. The second-order valence-electron chi connectivity index (χ2n) is 4.00. The van der Waals surface area contributed by atoms with E-state index in [0.717, 1.165) is 0 Å². The van der Waals surface area contributed by atoms with Crippen LogP contribution in [0, 0.1) is 16.0 Å². The van der Waals surface area contributed by atoms with Gasteiger partial charge in [-0.2, -0.15) is 0 Å². The van der Waals surface area contributed by atoms with E-state index in [0.29, 0.717) is 0 Å². The molecular weight excluding hydrogens is 208 g/mol. The van der Waals surface area contributed by atoms with Crippen LogP contribution in [-0.4, -0.2) is 15.7 Å². The first-order valence-corrected chi connectivity index (χ1v) is 5.05. The number of rotatable bonds is 4. The van der Waals surface area contributed by atoms with Gasteiger partial charge in [-0.05, 0) is 18.9 Å². The molecule has 1 aromatic rings. The molecule has 0 aliphatic carbocycles. The summed E-state index contributed by atoms with van der Waals surface area (Å²) >= 11 is 0. The summed E-state index contributed by atoms with van der Waals surface area (Å²) in [4.78, 5) is 25.8. The van der Waals surface area contributed by atoms with Gasteiger partial charge in [0.1, 0.15) is 11.5 Å². The quantitative estimate of drug-likeness (QED) is 0.578. The Kier molecular flexibility index (Phi) is 3.71. The summed E-state index contributed by atoms with van der Waals surface area (Å²) in [6.45, 7) is 5.14.